The summed E-state index contributed by atoms with van der Waals surface area (Å²) in [6.07, 6.45) is -0.923. The molecule has 0 aromatic heterocycles. The van der Waals surface area contributed by atoms with Gasteiger partial charge in [0.2, 0.25) is 0 Å². The molecule has 1 amide bonds. The zero-order valence-corrected chi connectivity index (χ0v) is 14.6. The van der Waals surface area contributed by atoms with Gasteiger partial charge in [0.25, 0.3) is 5.91 Å². The first-order valence-corrected chi connectivity index (χ1v) is 9.14. The molecular formula is C17H19N3O4S. The van der Waals surface area contributed by atoms with Gasteiger partial charge in [0, 0.05) is 0 Å². The summed E-state index contributed by atoms with van der Waals surface area (Å²) in [6.45, 7) is 3.03. The van der Waals surface area contributed by atoms with Crippen LogP contribution < -0.4 is 5.43 Å². The molecule has 132 valence electrons. The van der Waals surface area contributed by atoms with Crippen LogP contribution >= 0.6 is 0 Å². The lowest BCUT2D eigenvalue weighted by molar-refractivity contribution is -0.132. The van der Waals surface area contributed by atoms with Gasteiger partial charge >= 0.3 is 10.3 Å². The molecule has 25 heavy (non-hydrogen) atoms. The number of carbonyl (C=O) groups is 1. The molecule has 3 rings (SSSR count). The fourth-order valence-corrected chi connectivity index (χ4v) is 4.33. The second kappa shape index (κ2) is 6.14. The number of amides is 1. The molecule has 2 aromatic carbocycles. The van der Waals surface area contributed by atoms with Crippen molar-refractivity contribution in [3.63, 3.8) is 0 Å². The van der Waals surface area contributed by atoms with Crippen LogP contribution in [0.25, 0.3) is 0 Å². The van der Waals surface area contributed by atoms with Gasteiger partial charge in [-0.1, -0.05) is 48.5 Å². The summed E-state index contributed by atoms with van der Waals surface area (Å²) in [5.74, 6) is -0.479. The molecule has 0 bridgehead atoms. The van der Waals surface area contributed by atoms with Crippen LogP contribution in [0.3, 0.4) is 0 Å². The van der Waals surface area contributed by atoms with E-state index in [1.165, 1.54) is 18.9 Å². The van der Waals surface area contributed by atoms with Crippen LogP contribution in [0.1, 0.15) is 19.4 Å². The van der Waals surface area contributed by atoms with E-state index in [-0.39, 0.29) is 0 Å². The number of carbonyl (C=O) groups excluding carboxylic acids is 1. The second-order valence-electron chi connectivity index (χ2n) is 6.00. The Hall–Kier alpha value is -2.42. The van der Waals surface area contributed by atoms with Gasteiger partial charge in [-0.3, -0.25) is 14.8 Å². The van der Waals surface area contributed by atoms with Crippen molar-refractivity contribution in [2.75, 3.05) is 5.43 Å². The van der Waals surface area contributed by atoms with Crippen molar-refractivity contribution < 1.29 is 17.8 Å². The molecule has 7 nitrogen and oxygen atoms in total. The van der Waals surface area contributed by atoms with E-state index in [1.807, 2.05) is 6.07 Å². The number of hydrazine groups is 1. The van der Waals surface area contributed by atoms with Crippen LogP contribution in [0.4, 0.5) is 5.69 Å². The molecule has 0 saturated carbocycles. The van der Waals surface area contributed by atoms with Crippen molar-refractivity contribution in [1.29, 1.82) is 0 Å². The maximum atomic E-state index is 13.1. The zero-order valence-electron chi connectivity index (χ0n) is 13.8. The third kappa shape index (κ3) is 2.88. The number of benzene rings is 2. The van der Waals surface area contributed by atoms with Crippen molar-refractivity contribution in [2.45, 2.75) is 25.6 Å². The largest absolute Gasteiger partial charge is 0.339 e. The summed E-state index contributed by atoms with van der Waals surface area (Å²) in [5.41, 5.74) is 2.48. The monoisotopic (exact) mass is 361 g/mol. The van der Waals surface area contributed by atoms with Gasteiger partial charge in [-0.2, -0.15) is 8.42 Å². The SMILES string of the molecule is C[C@H]1N(Nc2ccccc2)C(=O)C(C)(c2ccccc2)N1S(=O)(=O)O. The molecule has 1 aliphatic rings. The summed E-state index contributed by atoms with van der Waals surface area (Å²) in [7, 11) is -4.63. The van der Waals surface area contributed by atoms with Gasteiger partial charge in [-0.15, -0.1) is 4.31 Å². The summed E-state index contributed by atoms with van der Waals surface area (Å²) in [6, 6.07) is 17.5. The highest BCUT2D eigenvalue weighted by Gasteiger charge is 2.59. The molecular weight excluding hydrogens is 342 g/mol. The lowest BCUT2D eigenvalue weighted by Gasteiger charge is -2.30. The van der Waals surface area contributed by atoms with Crippen molar-refractivity contribution in [3.05, 3.63) is 66.2 Å². The Labute approximate surface area is 146 Å². The smallest absolute Gasteiger partial charge is 0.294 e. The maximum Gasteiger partial charge on any atom is 0.339 e. The Kier molecular flexibility index (Phi) is 4.28. The summed E-state index contributed by atoms with van der Waals surface area (Å²) < 4.78 is 34.7. The number of nitrogens with one attached hydrogen (secondary N) is 1. The fraction of sp³-hybridized carbons (Fsp3) is 0.235. The molecule has 1 saturated heterocycles. The molecule has 1 heterocycles. The topological polar surface area (TPSA) is 90.0 Å². The average molecular weight is 361 g/mol. The molecule has 1 unspecified atom stereocenters. The number of anilines is 1. The van der Waals surface area contributed by atoms with Gasteiger partial charge in [-0.05, 0) is 31.5 Å². The maximum absolute atomic E-state index is 13.1. The Morgan fingerprint density at radius 2 is 1.56 bits per heavy atom. The number of para-hydroxylation sites is 1. The van der Waals surface area contributed by atoms with E-state index in [9.17, 15) is 17.8 Å². The van der Waals surface area contributed by atoms with Crippen LogP contribution in [0.5, 0.6) is 0 Å². The first-order valence-electron chi connectivity index (χ1n) is 7.74. The number of hydrogen-bond donors (Lipinski definition) is 2. The fourth-order valence-electron chi connectivity index (χ4n) is 3.21. The highest BCUT2D eigenvalue weighted by Crippen LogP contribution is 2.41. The minimum absolute atomic E-state index is 0.474. The highest BCUT2D eigenvalue weighted by atomic mass is 32.2. The molecule has 0 spiro atoms. The van der Waals surface area contributed by atoms with E-state index in [1.54, 1.807) is 54.6 Å². The Morgan fingerprint density at radius 3 is 2.08 bits per heavy atom. The van der Waals surface area contributed by atoms with E-state index in [0.29, 0.717) is 11.3 Å². The van der Waals surface area contributed by atoms with Crippen LogP contribution in [-0.2, 0) is 20.6 Å². The van der Waals surface area contributed by atoms with Crippen molar-refractivity contribution >= 4 is 21.9 Å². The second-order valence-corrected chi connectivity index (χ2v) is 7.29. The molecule has 1 aliphatic heterocycles. The van der Waals surface area contributed by atoms with E-state index in [4.69, 9.17) is 0 Å². The first kappa shape index (κ1) is 17.4. The highest BCUT2D eigenvalue weighted by molar-refractivity contribution is 7.83. The third-order valence-corrected chi connectivity index (χ3v) is 5.56. The summed E-state index contributed by atoms with van der Waals surface area (Å²) >= 11 is 0. The van der Waals surface area contributed by atoms with E-state index >= 15 is 0 Å². The molecule has 8 heteroatoms. The molecule has 2 atom stereocenters. The third-order valence-electron chi connectivity index (χ3n) is 4.40. The molecule has 2 aromatic rings. The van der Waals surface area contributed by atoms with E-state index < -0.39 is 27.9 Å². The van der Waals surface area contributed by atoms with E-state index in [2.05, 4.69) is 5.43 Å². The molecule has 1 fully saturated rings. The minimum Gasteiger partial charge on any atom is -0.294 e. The van der Waals surface area contributed by atoms with Gasteiger partial charge in [0.1, 0.15) is 11.7 Å². The number of nitrogens with zero attached hydrogens (tertiary/aromatic N) is 2. The molecule has 0 aliphatic carbocycles. The predicted molar refractivity (Wildman–Crippen MR) is 93.6 cm³/mol. The Balaban J connectivity index is 2.09. The van der Waals surface area contributed by atoms with Crippen molar-refractivity contribution in [3.8, 4) is 0 Å². The van der Waals surface area contributed by atoms with Crippen LogP contribution in [0, 0.1) is 0 Å². The van der Waals surface area contributed by atoms with Crippen molar-refractivity contribution in [2.24, 2.45) is 0 Å². The van der Waals surface area contributed by atoms with Crippen LogP contribution in [0.15, 0.2) is 60.7 Å². The number of rotatable bonds is 4. The quantitative estimate of drug-likeness (QED) is 0.815. The van der Waals surface area contributed by atoms with Gasteiger partial charge in [-0.25, -0.2) is 5.01 Å². The van der Waals surface area contributed by atoms with E-state index in [0.717, 1.165) is 4.31 Å². The standard InChI is InChI=1S/C17H19N3O4S/c1-13-19(18-15-11-7-4-8-12-15)16(21)17(2,20(13)25(22,23)24)14-9-5-3-6-10-14/h3-13,18H,1-2H3,(H,22,23,24)/t13-,17?/m0/s1. The minimum atomic E-state index is -4.63. The van der Waals surface area contributed by atoms with Crippen LogP contribution in [0.2, 0.25) is 0 Å². The average Bonchev–Trinajstić information content (AvgIpc) is 2.78. The van der Waals surface area contributed by atoms with Gasteiger partial charge in [0.05, 0.1) is 5.69 Å². The van der Waals surface area contributed by atoms with Gasteiger partial charge in [0.15, 0.2) is 0 Å². The van der Waals surface area contributed by atoms with Crippen LogP contribution in [-0.4, -0.2) is 34.4 Å². The summed E-state index contributed by atoms with van der Waals surface area (Å²) in [5, 5.41) is 1.22. The van der Waals surface area contributed by atoms with Gasteiger partial charge < -0.3 is 0 Å². The zero-order chi connectivity index (χ0) is 18.2. The lowest BCUT2D eigenvalue weighted by Crippen LogP contribution is -2.48. The van der Waals surface area contributed by atoms with Crippen molar-refractivity contribution in [1.82, 2.24) is 9.31 Å². The summed E-state index contributed by atoms with van der Waals surface area (Å²) in [4.78, 5) is 13.1. The molecule has 2 N–H and O–H groups in total. The first-order chi connectivity index (χ1) is 11.8. The number of hydrogen-bond acceptors (Lipinski definition) is 4. The normalized spacial score (nSPS) is 24.5. The predicted octanol–water partition coefficient (Wildman–Crippen LogP) is 2.22. The Morgan fingerprint density at radius 1 is 1.04 bits per heavy atom. The lowest BCUT2D eigenvalue weighted by atomic mass is 9.92. The Bertz CT molecular complexity index is 873. The molecule has 0 radical (unpaired) electrons.